The van der Waals surface area contributed by atoms with E-state index in [0.29, 0.717) is 19.4 Å². The average molecular weight is 671 g/mol. The number of ether oxygens (including phenoxy) is 1. The number of aryl methyl sites for hydroxylation is 1. The molecule has 15 nitrogen and oxygen atoms in total. The molecule has 3 aliphatic rings. The molecule has 48 heavy (non-hydrogen) atoms. The molecule has 258 valence electrons. The predicted octanol–water partition coefficient (Wildman–Crippen LogP) is 1.51. The molecule has 5 amide bonds. The molecule has 2 aromatic rings. The van der Waals surface area contributed by atoms with Gasteiger partial charge in [-0.3, -0.25) is 24.0 Å². The Morgan fingerprint density at radius 1 is 0.979 bits per heavy atom. The summed E-state index contributed by atoms with van der Waals surface area (Å²) in [4.78, 5) is 83.9. The smallest absolute Gasteiger partial charge is 0.407 e. The molecule has 1 saturated carbocycles. The molecular weight excluding hydrogens is 631 g/mol. The van der Waals surface area contributed by atoms with Crippen LogP contribution in [0.25, 0.3) is 10.9 Å². The molecule has 4 N–H and O–H groups in total. The molecule has 0 spiro atoms. The minimum absolute atomic E-state index is 0.0229. The summed E-state index contributed by atoms with van der Waals surface area (Å²) in [5.74, 6) is -3.83. The number of pyridine rings is 1. The van der Waals surface area contributed by atoms with Crippen molar-refractivity contribution in [1.29, 1.82) is 0 Å². The molecule has 1 aromatic heterocycles. The number of carboxylic acids is 1. The van der Waals surface area contributed by atoms with Gasteiger partial charge in [-0.2, -0.15) is 0 Å². The van der Waals surface area contributed by atoms with Gasteiger partial charge in [0.25, 0.3) is 11.8 Å². The molecule has 1 aromatic carbocycles. The number of hydrogen-bond donors (Lipinski definition) is 4. The van der Waals surface area contributed by atoms with Crippen molar-refractivity contribution in [3.05, 3.63) is 35.3 Å². The molecule has 5 rings (SSSR count). The SMILES string of the molecule is Cc1cc2nc(C(=O)N[C@@H](CCC(=O)O)C(=O)N3CCN(C(=O)O)CC3)cc(OCC(=O)N3CCC[C@H]3C(=O)NC3CCC3)c2cc1F. The third kappa shape index (κ3) is 7.91. The standard InChI is InChI=1S/C32H39FN6O9/c1-18-14-23-20(15-21(18)33)26(48-17-27(40)39-9-3-6-25(39)30(44)34-19-4-2-5-19)16-24(35-23)29(43)36-22(7-8-28(41)42)31(45)37-10-12-38(13-11-37)32(46)47/h14-16,19,22,25H,2-13,17H2,1H3,(H,34,44)(H,36,43)(H,41,42)(H,46,47)/t22-,25-/m0/s1. The van der Waals surface area contributed by atoms with Gasteiger partial charge in [-0.05, 0) is 63.1 Å². The first kappa shape index (κ1) is 34.3. The Bertz CT molecular complexity index is 1610. The summed E-state index contributed by atoms with van der Waals surface area (Å²) in [7, 11) is 0. The normalized spacial score (nSPS) is 18.6. The first-order valence-corrected chi connectivity index (χ1v) is 16.0. The molecule has 2 aliphatic heterocycles. The van der Waals surface area contributed by atoms with Crippen molar-refractivity contribution in [1.82, 2.24) is 30.3 Å². The van der Waals surface area contributed by atoms with Crippen LogP contribution in [-0.2, 0) is 19.2 Å². The van der Waals surface area contributed by atoms with Crippen LogP contribution in [0.15, 0.2) is 18.2 Å². The molecule has 0 radical (unpaired) electrons. The van der Waals surface area contributed by atoms with E-state index < -0.39 is 60.7 Å². The largest absolute Gasteiger partial charge is 0.483 e. The lowest BCUT2D eigenvalue weighted by Gasteiger charge is -2.35. The lowest BCUT2D eigenvalue weighted by molar-refractivity contribution is -0.140. The second kappa shape index (κ2) is 14.8. The van der Waals surface area contributed by atoms with E-state index in [4.69, 9.17) is 4.74 Å². The van der Waals surface area contributed by atoms with Gasteiger partial charge >= 0.3 is 12.1 Å². The number of likely N-dealkylation sites (tertiary alicyclic amines) is 1. The first-order chi connectivity index (χ1) is 22.9. The Morgan fingerprint density at radius 2 is 1.69 bits per heavy atom. The van der Waals surface area contributed by atoms with Crippen LogP contribution in [0.3, 0.4) is 0 Å². The maximum Gasteiger partial charge on any atom is 0.407 e. The highest BCUT2D eigenvalue weighted by Gasteiger charge is 2.36. The van der Waals surface area contributed by atoms with E-state index in [1.165, 1.54) is 34.9 Å². The van der Waals surface area contributed by atoms with Crippen molar-refractivity contribution in [2.45, 2.75) is 70.0 Å². The fraction of sp³-hybridized carbons (Fsp3) is 0.531. The molecule has 0 unspecified atom stereocenters. The number of nitrogens with one attached hydrogen (secondary N) is 2. The summed E-state index contributed by atoms with van der Waals surface area (Å²) in [5.41, 5.74) is 0.196. The number of carboxylic acid groups (broad SMARTS) is 2. The van der Waals surface area contributed by atoms with Gasteiger partial charge in [-0.1, -0.05) is 0 Å². The van der Waals surface area contributed by atoms with Crippen molar-refractivity contribution < 1.29 is 48.1 Å². The minimum Gasteiger partial charge on any atom is -0.483 e. The van der Waals surface area contributed by atoms with E-state index in [1.54, 1.807) is 0 Å². The van der Waals surface area contributed by atoms with Gasteiger partial charge in [-0.25, -0.2) is 14.2 Å². The molecule has 16 heteroatoms. The summed E-state index contributed by atoms with van der Waals surface area (Å²) in [5, 5.41) is 24.2. The van der Waals surface area contributed by atoms with Crippen molar-refractivity contribution in [3.63, 3.8) is 0 Å². The Labute approximate surface area is 275 Å². The van der Waals surface area contributed by atoms with Crippen LogP contribution >= 0.6 is 0 Å². The van der Waals surface area contributed by atoms with Gasteiger partial charge in [0.1, 0.15) is 29.3 Å². The van der Waals surface area contributed by atoms with Crippen molar-refractivity contribution in [3.8, 4) is 5.75 Å². The Morgan fingerprint density at radius 3 is 2.33 bits per heavy atom. The van der Waals surface area contributed by atoms with Crippen LogP contribution in [0.2, 0.25) is 0 Å². The lowest BCUT2D eigenvalue weighted by Crippen LogP contribution is -2.55. The van der Waals surface area contributed by atoms with Crippen LogP contribution in [0.1, 0.15) is 61.0 Å². The van der Waals surface area contributed by atoms with E-state index in [2.05, 4.69) is 15.6 Å². The summed E-state index contributed by atoms with van der Waals surface area (Å²) < 4.78 is 20.5. The number of nitrogens with zero attached hydrogens (tertiary/aromatic N) is 4. The summed E-state index contributed by atoms with van der Waals surface area (Å²) >= 11 is 0. The van der Waals surface area contributed by atoms with E-state index in [1.807, 2.05) is 0 Å². The first-order valence-electron chi connectivity index (χ1n) is 16.0. The third-order valence-electron chi connectivity index (χ3n) is 9.07. The van der Waals surface area contributed by atoms with Gasteiger partial charge in [-0.15, -0.1) is 0 Å². The van der Waals surface area contributed by atoms with E-state index in [9.17, 15) is 43.4 Å². The number of carbonyl (C=O) groups excluding carboxylic acids is 4. The van der Waals surface area contributed by atoms with Crippen LogP contribution in [-0.4, -0.2) is 123 Å². The van der Waals surface area contributed by atoms with Crippen LogP contribution in [0.5, 0.6) is 5.75 Å². The highest BCUT2D eigenvalue weighted by atomic mass is 19.1. The fourth-order valence-electron chi connectivity index (χ4n) is 6.06. The number of halogens is 1. The number of piperazine rings is 1. The van der Waals surface area contributed by atoms with E-state index >= 15 is 0 Å². The van der Waals surface area contributed by atoms with Gasteiger partial charge in [0.05, 0.1) is 5.52 Å². The number of hydrogen-bond acceptors (Lipinski definition) is 8. The number of rotatable bonds is 11. The van der Waals surface area contributed by atoms with Gasteiger partial charge in [0, 0.05) is 56.6 Å². The number of benzene rings is 1. The van der Waals surface area contributed by atoms with E-state index in [0.717, 1.165) is 24.2 Å². The predicted molar refractivity (Wildman–Crippen MR) is 167 cm³/mol. The highest BCUT2D eigenvalue weighted by molar-refractivity contribution is 5.99. The zero-order chi connectivity index (χ0) is 34.5. The maximum absolute atomic E-state index is 14.7. The van der Waals surface area contributed by atoms with Crippen molar-refractivity contribution in [2.75, 3.05) is 39.3 Å². The topological polar surface area (TPSA) is 199 Å². The third-order valence-corrected chi connectivity index (χ3v) is 9.07. The number of carbonyl (C=O) groups is 6. The van der Waals surface area contributed by atoms with Crippen molar-refractivity contribution in [2.24, 2.45) is 0 Å². The Balaban J connectivity index is 1.33. The number of aliphatic carboxylic acids is 1. The summed E-state index contributed by atoms with van der Waals surface area (Å²) in [6.45, 7) is 1.65. The van der Waals surface area contributed by atoms with Crippen LogP contribution in [0, 0.1) is 12.7 Å². The van der Waals surface area contributed by atoms with Crippen LogP contribution in [0.4, 0.5) is 9.18 Å². The zero-order valence-electron chi connectivity index (χ0n) is 26.6. The van der Waals surface area contributed by atoms with Gasteiger partial charge in [0.2, 0.25) is 11.8 Å². The minimum atomic E-state index is -1.26. The molecule has 0 bridgehead atoms. The number of amides is 5. The maximum atomic E-state index is 14.7. The Hall–Kier alpha value is -5.02. The monoisotopic (exact) mass is 670 g/mol. The highest BCUT2D eigenvalue weighted by Crippen LogP contribution is 2.29. The molecule has 2 atom stereocenters. The summed E-state index contributed by atoms with van der Waals surface area (Å²) in [6, 6.07) is 2.05. The quantitative estimate of drug-likeness (QED) is 0.272. The fourth-order valence-corrected chi connectivity index (χ4v) is 6.06. The molecule has 2 saturated heterocycles. The lowest BCUT2D eigenvalue weighted by atomic mass is 9.93. The van der Waals surface area contributed by atoms with Crippen LogP contribution < -0.4 is 15.4 Å². The van der Waals surface area contributed by atoms with E-state index in [-0.39, 0.29) is 72.5 Å². The molecule has 3 fully saturated rings. The number of fused-ring (bicyclic) bond motifs is 1. The molecule has 3 heterocycles. The zero-order valence-corrected chi connectivity index (χ0v) is 26.6. The molecular formula is C32H39FN6O9. The van der Waals surface area contributed by atoms with Gasteiger partial charge < -0.3 is 40.3 Å². The molecule has 1 aliphatic carbocycles. The van der Waals surface area contributed by atoms with Gasteiger partial charge in [0.15, 0.2) is 6.61 Å². The summed E-state index contributed by atoms with van der Waals surface area (Å²) in [6.07, 6.45) is 2.26. The van der Waals surface area contributed by atoms with Crippen molar-refractivity contribution >= 4 is 46.6 Å². The average Bonchev–Trinajstić information content (AvgIpc) is 3.54. The Kier molecular flexibility index (Phi) is 10.6. The second-order valence-electron chi connectivity index (χ2n) is 12.3. The number of aromatic nitrogens is 1. The second-order valence-corrected chi connectivity index (χ2v) is 12.3.